The van der Waals surface area contributed by atoms with E-state index in [0.717, 1.165) is 29.5 Å². The summed E-state index contributed by atoms with van der Waals surface area (Å²) < 4.78 is 6.96. The molecule has 1 N–H and O–H groups in total. The van der Waals surface area contributed by atoms with E-state index in [9.17, 15) is 0 Å². The summed E-state index contributed by atoms with van der Waals surface area (Å²) in [6.45, 7) is 8.02. The summed E-state index contributed by atoms with van der Waals surface area (Å²) in [5.74, 6) is 1.31. The Balaban J connectivity index is 1.85. The van der Waals surface area contributed by atoms with Gasteiger partial charge >= 0.3 is 0 Å². The maximum absolute atomic E-state index is 6.23. The van der Waals surface area contributed by atoms with Crippen molar-refractivity contribution in [2.45, 2.75) is 40.3 Å². The highest BCUT2D eigenvalue weighted by Crippen LogP contribution is 2.19. The summed E-state index contributed by atoms with van der Waals surface area (Å²) in [7, 11) is 0. The van der Waals surface area contributed by atoms with Gasteiger partial charge in [0, 0.05) is 26.1 Å². The molecule has 0 fully saturated rings. The molecule has 0 saturated heterocycles. The lowest BCUT2D eigenvalue weighted by Crippen LogP contribution is -2.19. The lowest BCUT2D eigenvalue weighted by Gasteiger charge is -2.06. The van der Waals surface area contributed by atoms with Crippen LogP contribution in [0.2, 0.25) is 5.02 Å². The van der Waals surface area contributed by atoms with E-state index in [1.54, 1.807) is 0 Å². The third kappa shape index (κ3) is 3.33. The molecule has 0 aliphatic carbocycles. The van der Waals surface area contributed by atoms with Crippen LogP contribution in [0.1, 0.15) is 30.0 Å². The third-order valence-electron chi connectivity index (χ3n) is 2.83. The number of halogens is 1. The van der Waals surface area contributed by atoms with Crippen LogP contribution in [0.25, 0.3) is 0 Å². The smallest absolute Gasteiger partial charge is 0.227 e. The third-order valence-corrected chi connectivity index (χ3v) is 3.32. The molecule has 2 aromatic rings. The van der Waals surface area contributed by atoms with Crippen molar-refractivity contribution in [3.8, 4) is 0 Å². The Morgan fingerprint density at radius 1 is 1.37 bits per heavy atom. The maximum atomic E-state index is 6.23. The molecule has 7 heteroatoms. The van der Waals surface area contributed by atoms with Crippen molar-refractivity contribution in [3.63, 3.8) is 0 Å². The maximum Gasteiger partial charge on any atom is 0.227 e. The average Bonchev–Trinajstić information content (AvgIpc) is 2.92. The molecule has 0 saturated carbocycles. The SMILES string of the molecule is CCn1nc(C)c(Cl)c1CNCCc1nc(C)no1. The largest absolute Gasteiger partial charge is 0.339 e. The molecule has 6 nitrogen and oxygen atoms in total. The zero-order chi connectivity index (χ0) is 13.8. The number of rotatable bonds is 6. The van der Waals surface area contributed by atoms with Gasteiger partial charge in [-0.25, -0.2) is 0 Å². The second-order valence-corrected chi connectivity index (χ2v) is 4.70. The van der Waals surface area contributed by atoms with E-state index in [4.69, 9.17) is 16.1 Å². The minimum absolute atomic E-state index is 0.649. The minimum Gasteiger partial charge on any atom is -0.339 e. The van der Waals surface area contributed by atoms with Gasteiger partial charge in [-0.2, -0.15) is 10.1 Å². The number of nitrogens with zero attached hydrogens (tertiary/aromatic N) is 4. The van der Waals surface area contributed by atoms with E-state index in [1.807, 2.05) is 25.5 Å². The monoisotopic (exact) mass is 283 g/mol. The van der Waals surface area contributed by atoms with Crippen LogP contribution in [-0.4, -0.2) is 26.5 Å². The molecular weight excluding hydrogens is 266 g/mol. The molecule has 0 unspecified atom stereocenters. The van der Waals surface area contributed by atoms with Crippen LogP contribution in [0.3, 0.4) is 0 Å². The first-order valence-corrected chi connectivity index (χ1v) is 6.71. The Labute approximate surface area is 117 Å². The first-order valence-electron chi connectivity index (χ1n) is 6.33. The summed E-state index contributed by atoms with van der Waals surface area (Å²) in [5, 5.41) is 12.2. The molecule has 0 aliphatic rings. The molecule has 0 radical (unpaired) electrons. The molecule has 0 spiro atoms. The van der Waals surface area contributed by atoms with Crippen LogP contribution in [-0.2, 0) is 19.5 Å². The molecule has 104 valence electrons. The Hall–Kier alpha value is -1.40. The van der Waals surface area contributed by atoms with Gasteiger partial charge in [0.05, 0.1) is 16.4 Å². The topological polar surface area (TPSA) is 68.8 Å². The normalized spacial score (nSPS) is 11.2. The Kier molecular flexibility index (Phi) is 4.55. The second-order valence-electron chi connectivity index (χ2n) is 4.32. The van der Waals surface area contributed by atoms with Crippen molar-refractivity contribution in [1.82, 2.24) is 25.2 Å². The van der Waals surface area contributed by atoms with Crippen LogP contribution >= 0.6 is 11.6 Å². The average molecular weight is 284 g/mol. The molecule has 0 atom stereocenters. The predicted octanol–water partition coefficient (Wildman–Crippen LogP) is 1.89. The van der Waals surface area contributed by atoms with Gasteiger partial charge in [0.1, 0.15) is 0 Å². The van der Waals surface area contributed by atoms with E-state index >= 15 is 0 Å². The molecule has 19 heavy (non-hydrogen) atoms. The summed E-state index contributed by atoms with van der Waals surface area (Å²) >= 11 is 6.23. The fraction of sp³-hybridized carbons (Fsp3) is 0.583. The molecule has 2 heterocycles. The number of hydrogen-bond donors (Lipinski definition) is 1. The number of hydrogen-bond acceptors (Lipinski definition) is 5. The van der Waals surface area contributed by atoms with Crippen molar-refractivity contribution in [2.24, 2.45) is 0 Å². The predicted molar refractivity (Wildman–Crippen MR) is 72.1 cm³/mol. The van der Waals surface area contributed by atoms with Gasteiger partial charge in [0.25, 0.3) is 0 Å². The summed E-state index contributed by atoms with van der Waals surface area (Å²) in [4.78, 5) is 4.15. The Bertz CT molecular complexity index is 548. The zero-order valence-electron chi connectivity index (χ0n) is 11.4. The van der Waals surface area contributed by atoms with E-state index in [-0.39, 0.29) is 0 Å². The fourth-order valence-electron chi connectivity index (χ4n) is 1.88. The van der Waals surface area contributed by atoms with Gasteiger partial charge in [-0.05, 0) is 20.8 Å². The van der Waals surface area contributed by atoms with Crippen LogP contribution in [0.4, 0.5) is 0 Å². The van der Waals surface area contributed by atoms with Crippen molar-refractivity contribution in [1.29, 1.82) is 0 Å². The number of aryl methyl sites for hydroxylation is 3. The lowest BCUT2D eigenvalue weighted by atomic mass is 10.3. The van der Waals surface area contributed by atoms with Gasteiger partial charge in [0.2, 0.25) is 5.89 Å². The number of nitrogens with one attached hydrogen (secondary N) is 1. The highest BCUT2D eigenvalue weighted by atomic mass is 35.5. The Morgan fingerprint density at radius 2 is 2.16 bits per heavy atom. The molecule has 0 aliphatic heterocycles. The molecule has 2 rings (SSSR count). The molecular formula is C12H18ClN5O. The van der Waals surface area contributed by atoms with Gasteiger partial charge < -0.3 is 9.84 Å². The van der Waals surface area contributed by atoms with Crippen molar-refractivity contribution < 1.29 is 4.52 Å². The molecule has 0 aromatic carbocycles. The van der Waals surface area contributed by atoms with E-state index in [2.05, 4.69) is 20.6 Å². The van der Waals surface area contributed by atoms with Crippen LogP contribution in [0.15, 0.2) is 4.52 Å². The highest BCUT2D eigenvalue weighted by Gasteiger charge is 2.11. The Morgan fingerprint density at radius 3 is 2.79 bits per heavy atom. The van der Waals surface area contributed by atoms with Crippen LogP contribution in [0.5, 0.6) is 0 Å². The van der Waals surface area contributed by atoms with Crippen LogP contribution < -0.4 is 5.32 Å². The summed E-state index contributed by atoms with van der Waals surface area (Å²) in [5.41, 5.74) is 1.89. The zero-order valence-corrected chi connectivity index (χ0v) is 12.2. The minimum atomic E-state index is 0.649. The van der Waals surface area contributed by atoms with Gasteiger partial charge in [-0.15, -0.1) is 0 Å². The standard InChI is InChI=1S/C12H18ClN5O/c1-4-18-10(12(13)8(2)16-18)7-14-6-5-11-15-9(3)17-19-11/h14H,4-7H2,1-3H3. The van der Waals surface area contributed by atoms with Crippen LogP contribution in [0, 0.1) is 13.8 Å². The van der Waals surface area contributed by atoms with Gasteiger partial charge in [0.15, 0.2) is 5.82 Å². The van der Waals surface area contributed by atoms with E-state index < -0.39 is 0 Å². The molecule has 0 amide bonds. The fourth-order valence-corrected chi connectivity index (χ4v) is 2.08. The number of aromatic nitrogens is 4. The van der Waals surface area contributed by atoms with Crippen molar-refractivity contribution >= 4 is 11.6 Å². The van der Waals surface area contributed by atoms with E-state index in [0.29, 0.717) is 24.7 Å². The quantitative estimate of drug-likeness (QED) is 0.820. The summed E-state index contributed by atoms with van der Waals surface area (Å²) in [6, 6.07) is 0. The highest BCUT2D eigenvalue weighted by molar-refractivity contribution is 6.31. The summed E-state index contributed by atoms with van der Waals surface area (Å²) in [6.07, 6.45) is 0.706. The first kappa shape index (κ1) is 14.0. The van der Waals surface area contributed by atoms with Gasteiger partial charge in [-0.3, -0.25) is 4.68 Å². The molecule has 0 bridgehead atoms. The second kappa shape index (κ2) is 6.16. The van der Waals surface area contributed by atoms with Crippen molar-refractivity contribution in [2.75, 3.05) is 6.54 Å². The lowest BCUT2D eigenvalue weighted by molar-refractivity contribution is 0.372. The van der Waals surface area contributed by atoms with E-state index in [1.165, 1.54) is 0 Å². The van der Waals surface area contributed by atoms with Crippen molar-refractivity contribution in [3.05, 3.63) is 28.1 Å². The molecule has 2 aromatic heterocycles. The first-order chi connectivity index (χ1) is 9.11. The van der Waals surface area contributed by atoms with Gasteiger partial charge in [-0.1, -0.05) is 16.8 Å².